The molecule has 0 atom stereocenters. The maximum atomic E-state index is 5.80. The molecule has 1 saturated carbocycles. The number of hydrogen-bond acceptors (Lipinski definition) is 5. The van der Waals surface area contributed by atoms with Crippen LogP contribution in [0, 0.1) is 13.8 Å². The molecular weight excluding hydrogens is 286 g/mol. The van der Waals surface area contributed by atoms with Crippen molar-refractivity contribution in [3.63, 3.8) is 0 Å². The maximum absolute atomic E-state index is 5.80. The van der Waals surface area contributed by atoms with Crippen molar-refractivity contribution in [1.82, 2.24) is 15.0 Å². The maximum Gasteiger partial charge on any atom is 0.230 e. The Morgan fingerprint density at radius 1 is 1.17 bits per heavy atom. The molecule has 1 aromatic carbocycles. The van der Waals surface area contributed by atoms with Gasteiger partial charge in [-0.2, -0.15) is 15.0 Å². The van der Waals surface area contributed by atoms with Crippen molar-refractivity contribution in [3.05, 3.63) is 41.2 Å². The van der Waals surface area contributed by atoms with Gasteiger partial charge in [0.05, 0.1) is 0 Å². The van der Waals surface area contributed by atoms with Crippen molar-refractivity contribution in [2.45, 2.75) is 52.0 Å². The Kier molecular flexibility index (Phi) is 4.74. The molecular formula is C18H25N5. The molecule has 2 N–H and O–H groups in total. The number of nitrogens with two attached hydrogens (primary N) is 1. The Morgan fingerprint density at radius 3 is 2.65 bits per heavy atom. The van der Waals surface area contributed by atoms with Crippen molar-refractivity contribution in [1.29, 1.82) is 0 Å². The van der Waals surface area contributed by atoms with Gasteiger partial charge in [0.25, 0.3) is 0 Å². The van der Waals surface area contributed by atoms with Crippen LogP contribution in [0.3, 0.4) is 0 Å². The lowest BCUT2D eigenvalue weighted by Gasteiger charge is -2.37. The second kappa shape index (κ2) is 6.94. The van der Waals surface area contributed by atoms with Crippen molar-refractivity contribution < 1.29 is 0 Å². The lowest BCUT2D eigenvalue weighted by atomic mass is 9.91. The second-order valence-corrected chi connectivity index (χ2v) is 6.41. The minimum Gasteiger partial charge on any atom is -0.368 e. The predicted molar refractivity (Wildman–Crippen MR) is 93.5 cm³/mol. The van der Waals surface area contributed by atoms with E-state index in [0.717, 1.165) is 25.3 Å². The zero-order chi connectivity index (χ0) is 16.2. The van der Waals surface area contributed by atoms with Gasteiger partial charge in [-0.25, -0.2) is 0 Å². The van der Waals surface area contributed by atoms with Crippen LogP contribution in [0.25, 0.3) is 0 Å². The lowest BCUT2D eigenvalue weighted by molar-refractivity contribution is 0.379. The normalized spacial score (nSPS) is 14.5. The molecule has 1 heterocycles. The van der Waals surface area contributed by atoms with Crippen molar-refractivity contribution in [3.8, 4) is 0 Å². The third-order valence-electron chi connectivity index (χ3n) is 4.47. The Hall–Kier alpha value is -2.17. The first kappa shape index (κ1) is 15.7. The van der Waals surface area contributed by atoms with Gasteiger partial charge in [0.15, 0.2) is 0 Å². The highest BCUT2D eigenvalue weighted by atomic mass is 15.3. The van der Waals surface area contributed by atoms with Crippen LogP contribution < -0.4 is 10.6 Å². The molecule has 5 nitrogen and oxygen atoms in total. The Bertz CT molecular complexity index is 646. The Balaban J connectivity index is 1.67. The first-order valence-electron chi connectivity index (χ1n) is 8.42. The monoisotopic (exact) mass is 311 g/mol. The molecule has 0 spiro atoms. The third kappa shape index (κ3) is 3.97. The number of nitrogen functional groups attached to an aromatic ring is 1. The summed E-state index contributed by atoms with van der Waals surface area (Å²) in [6.07, 6.45) is 5.89. The molecule has 0 aliphatic heterocycles. The number of nitrogens with zero attached hydrogens (tertiary/aromatic N) is 4. The van der Waals surface area contributed by atoms with E-state index in [4.69, 9.17) is 5.73 Å². The molecule has 1 aliphatic carbocycles. The third-order valence-corrected chi connectivity index (χ3v) is 4.47. The SMILES string of the molecule is Cc1cccc(CCCN(c2nc(C)nc(N)n2)C2CCC2)c1. The molecule has 0 unspecified atom stereocenters. The summed E-state index contributed by atoms with van der Waals surface area (Å²) in [5.74, 6) is 1.75. The molecule has 1 aromatic heterocycles. The van der Waals surface area contributed by atoms with Gasteiger partial charge in [-0.3, -0.25) is 0 Å². The number of rotatable bonds is 6. The van der Waals surface area contributed by atoms with Crippen LogP contribution in [0.4, 0.5) is 11.9 Å². The number of hydrogen-bond donors (Lipinski definition) is 1. The van der Waals surface area contributed by atoms with E-state index in [1.165, 1.54) is 30.4 Å². The van der Waals surface area contributed by atoms with Gasteiger partial charge in [0.2, 0.25) is 11.9 Å². The van der Waals surface area contributed by atoms with Crippen molar-refractivity contribution in [2.75, 3.05) is 17.2 Å². The average molecular weight is 311 g/mol. The quantitative estimate of drug-likeness (QED) is 0.888. The van der Waals surface area contributed by atoms with E-state index in [1.807, 2.05) is 6.92 Å². The van der Waals surface area contributed by atoms with Gasteiger partial charge in [-0.05, 0) is 51.5 Å². The fraction of sp³-hybridized carbons (Fsp3) is 0.500. The standard InChI is InChI=1S/C18H25N5/c1-13-6-3-7-15(12-13)8-5-11-23(16-9-4-10-16)18-21-14(2)20-17(19)22-18/h3,6-7,12,16H,4-5,8-11H2,1-2H3,(H2,19,20,21,22). The van der Waals surface area contributed by atoms with Crippen LogP contribution in [-0.4, -0.2) is 27.5 Å². The molecule has 3 rings (SSSR count). The minimum absolute atomic E-state index is 0.315. The molecule has 1 fully saturated rings. The second-order valence-electron chi connectivity index (χ2n) is 6.41. The van der Waals surface area contributed by atoms with Crippen LogP contribution in [-0.2, 0) is 6.42 Å². The molecule has 5 heteroatoms. The van der Waals surface area contributed by atoms with Gasteiger partial charge >= 0.3 is 0 Å². The van der Waals surface area contributed by atoms with E-state index in [0.29, 0.717) is 17.8 Å². The van der Waals surface area contributed by atoms with Crippen LogP contribution in [0.5, 0.6) is 0 Å². The topological polar surface area (TPSA) is 67.9 Å². The Labute approximate surface area is 138 Å². The van der Waals surface area contributed by atoms with Gasteiger partial charge in [-0.1, -0.05) is 29.8 Å². The van der Waals surface area contributed by atoms with Crippen molar-refractivity contribution in [2.24, 2.45) is 0 Å². The smallest absolute Gasteiger partial charge is 0.230 e. The fourth-order valence-electron chi connectivity index (χ4n) is 3.08. The first-order valence-corrected chi connectivity index (χ1v) is 8.42. The molecule has 0 saturated heterocycles. The minimum atomic E-state index is 0.315. The first-order chi connectivity index (χ1) is 11.1. The van der Waals surface area contributed by atoms with E-state index in [1.54, 1.807) is 0 Å². The fourth-order valence-corrected chi connectivity index (χ4v) is 3.08. The molecule has 23 heavy (non-hydrogen) atoms. The van der Waals surface area contributed by atoms with Crippen LogP contribution in [0.15, 0.2) is 24.3 Å². The van der Waals surface area contributed by atoms with E-state index < -0.39 is 0 Å². The number of benzene rings is 1. The summed E-state index contributed by atoms with van der Waals surface area (Å²) in [6.45, 7) is 4.97. The predicted octanol–water partition coefficient (Wildman–Crippen LogP) is 3.06. The average Bonchev–Trinajstić information content (AvgIpc) is 2.43. The van der Waals surface area contributed by atoms with Gasteiger partial charge < -0.3 is 10.6 Å². The van der Waals surface area contributed by atoms with E-state index in [-0.39, 0.29) is 0 Å². The van der Waals surface area contributed by atoms with Gasteiger partial charge in [0.1, 0.15) is 5.82 Å². The van der Waals surface area contributed by atoms with E-state index in [9.17, 15) is 0 Å². The summed E-state index contributed by atoms with van der Waals surface area (Å²) in [6, 6.07) is 9.28. The summed E-state index contributed by atoms with van der Waals surface area (Å²) in [5, 5.41) is 0. The van der Waals surface area contributed by atoms with Gasteiger partial charge in [-0.15, -0.1) is 0 Å². The van der Waals surface area contributed by atoms with Gasteiger partial charge in [0, 0.05) is 12.6 Å². The zero-order valence-electron chi connectivity index (χ0n) is 14.0. The number of anilines is 2. The summed E-state index contributed by atoms with van der Waals surface area (Å²) in [7, 11) is 0. The van der Waals surface area contributed by atoms with Crippen molar-refractivity contribution >= 4 is 11.9 Å². The highest BCUT2D eigenvalue weighted by molar-refractivity contribution is 5.36. The number of aromatic nitrogens is 3. The van der Waals surface area contributed by atoms with Crippen LogP contribution in [0.1, 0.15) is 42.6 Å². The summed E-state index contributed by atoms with van der Waals surface area (Å²) in [4.78, 5) is 15.3. The van der Waals surface area contributed by atoms with Crippen LogP contribution in [0.2, 0.25) is 0 Å². The molecule has 0 amide bonds. The highest BCUT2D eigenvalue weighted by Gasteiger charge is 2.27. The molecule has 0 bridgehead atoms. The zero-order valence-corrected chi connectivity index (χ0v) is 14.0. The summed E-state index contributed by atoms with van der Waals surface area (Å²) >= 11 is 0. The summed E-state index contributed by atoms with van der Waals surface area (Å²) < 4.78 is 0. The van der Waals surface area contributed by atoms with E-state index in [2.05, 4.69) is 51.0 Å². The largest absolute Gasteiger partial charge is 0.368 e. The van der Waals surface area contributed by atoms with E-state index >= 15 is 0 Å². The van der Waals surface area contributed by atoms with Crippen LogP contribution >= 0.6 is 0 Å². The lowest BCUT2D eigenvalue weighted by Crippen LogP contribution is -2.42. The highest BCUT2D eigenvalue weighted by Crippen LogP contribution is 2.28. The summed E-state index contributed by atoms with van der Waals surface area (Å²) in [5.41, 5.74) is 8.52. The molecule has 122 valence electrons. The molecule has 1 aliphatic rings. The molecule has 0 radical (unpaired) electrons. The Morgan fingerprint density at radius 2 is 2.00 bits per heavy atom. The number of aryl methyl sites for hydroxylation is 3. The molecule has 2 aromatic rings.